The molecular formula is C10H13N3S. The Balaban J connectivity index is 2.36. The number of fused-ring (bicyclic) bond motifs is 1. The Morgan fingerprint density at radius 3 is 3.21 bits per heavy atom. The number of thiophene rings is 1. The fourth-order valence-corrected chi connectivity index (χ4v) is 2.08. The van der Waals surface area contributed by atoms with Gasteiger partial charge in [0.1, 0.15) is 5.82 Å². The lowest BCUT2D eigenvalue weighted by Crippen LogP contribution is -2.25. The van der Waals surface area contributed by atoms with Crippen LogP contribution in [0, 0.1) is 0 Å². The molecule has 1 unspecified atom stereocenters. The normalized spacial score (nSPS) is 13.0. The number of nitrogens with one attached hydrogen (secondary N) is 1. The minimum absolute atomic E-state index is 0.257. The number of hydrogen-bond acceptors (Lipinski definition) is 4. The highest BCUT2D eigenvalue weighted by Gasteiger charge is 2.05. The molecule has 2 rings (SSSR count). The minimum Gasteiger partial charge on any atom is -0.366 e. The van der Waals surface area contributed by atoms with Crippen molar-refractivity contribution in [2.45, 2.75) is 13.0 Å². The fraction of sp³-hybridized carbons (Fsp3) is 0.300. The van der Waals surface area contributed by atoms with Crippen molar-refractivity contribution in [3.05, 3.63) is 23.7 Å². The Hall–Kier alpha value is -1.13. The first-order valence-corrected chi connectivity index (χ1v) is 5.48. The molecule has 0 aliphatic carbocycles. The zero-order valence-electron chi connectivity index (χ0n) is 8.03. The van der Waals surface area contributed by atoms with Crippen molar-refractivity contribution in [2.75, 3.05) is 11.9 Å². The first kappa shape index (κ1) is 9.43. The van der Waals surface area contributed by atoms with Crippen molar-refractivity contribution < 1.29 is 0 Å². The van der Waals surface area contributed by atoms with Crippen LogP contribution in [-0.2, 0) is 0 Å². The Bertz CT molecular complexity index is 424. The van der Waals surface area contributed by atoms with Crippen LogP contribution in [0.3, 0.4) is 0 Å². The van der Waals surface area contributed by atoms with Gasteiger partial charge >= 0.3 is 0 Å². The third-order valence-electron chi connectivity index (χ3n) is 2.12. The van der Waals surface area contributed by atoms with Gasteiger partial charge in [-0.3, -0.25) is 0 Å². The molecule has 0 saturated carbocycles. The van der Waals surface area contributed by atoms with Crippen molar-refractivity contribution in [2.24, 2.45) is 5.73 Å². The second kappa shape index (κ2) is 3.94. The van der Waals surface area contributed by atoms with Gasteiger partial charge in [-0.15, -0.1) is 11.3 Å². The molecule has 0 bridgehead atoms. The van der Waals surface area contributed by atoms with E-state index in [0.717, 1.165) is 5.82 Å². The molecule has 3 N–H and O–H groups in total. The van der Waals surface area contributed by atoms with Gasteiger partial charge in [0.2, 0.25) is 0 Å². The van der Waals surface area contributed by atoms with E-state index in [4.69, 9.17) is 5.73 Å². The van der Waals surface area contributed by atoms with E-state index >= 15 is 0 Å². The molecule has 74 valence electrons. The molecule has 4 heteroatoms. The van der Waals surface area contributed by atoms with Gasteiger partial charge in [-0.05, 0) is 24.4 Å². The number of nitrogens with two attached hydrogens (primary N) is 1. The van der Waals surface area contributed by atoms with Gasteiger partial charge in [0.25, 0.3) is 0 Å². The molecule has 0 spiro atoms. The summed E-state index contributed by atoms with van der Waals surface area (Å²) in [6, 6.07) is 4.37. The summed E-state index contributed by atoms with van der Waals surface area (Å²) in [5.41, 5.74) is 5.55. The predicted molar refractivity (Wildman–Crippen MR) is 61.8 cm³/mol. The molecule has 3 nitrogen and oxygen atoms in total. The van der Waals surface area contributed by atoms with Crippen LogP contribution in [0.5, 0.6) is 0 Å². The van der Waals surface area contributed by atoms with E-state index in [9.17, 15) is 0 Å². The number of anilines is 1. The van der Waals surface area contributed by atoms with Crippen molar-refractivity contribution >= 4 is 27.2 Å². The fourth-order valence-electron chi connectivity index (χ4n) is 1.30. The summed E-state index contributed by atoms with van der Waals surface area (Å²) in [4.78, 5) is 4.31. The van der Waals surface area contributed by atoms with Gasteiger partial charge in [0.05, 0.1) is 0 Å². The highest BCUT2D eigenvalue weighted by molar-refractivity contribution is 7.17. The maximum Gasteiger partial charge on any atom is 0.134 e. The summed E-state index contributed by atoms with van der Waals surface area (Å²) in [5, 5.41) is 6.54. The first-order chi connectivity index (χ1) is 6.81. The van der Waals surface area contributed by atoms with E-state index < -0.39 is 0 Å². The third kappa shape index (κ3) is 1.71. The smallest absolute Gasteiger partial charge is 0.134 e. The van der Waals surface area contributed by atoms with E-state index in [1.165, 1.54) is 10.1 Å². The predicted octanol–water partition coefficient (Wildman–Crippen LogP) is 2.06. The second-order valence-electron chi connectivity index (χ2n) is 3.27. The van der Waals surface area contributed by atoms with Crippen molar-refractivity contribution in [3.8, 4) is 0 Å². The van der Waals surface area contributed by atoms with Gasteiger partial charge in [-0.25, -0.2) is 4.98 Å². The third-order valence-corrected chi connectivity index (χ3v) is 3.00. The molecule has 0 amide bonds. The monoisotopic (exact) mass is 207 g/mol. The number of pyridine rings is 1. The average molecular weight is 207 g/mol. The van der Waals surface area contributed by atoms with Crippen LogP contribution in [-0.4, -0.2) is 17.6 Å². The maximum atomic E-state index is 5.55. The number of aromatic nitrogens is 1. The lowest BCUT2D eigenvalue weighted by molar-refractivity contribution is 0.800. The standard InChI is InChI=1S/C10H13N3S/c1-7(6-11)13-10-8-3-5-14-9(8)2-4-12-10/h2-5,7H,6,11H2,1H3,(H,12,13). The highest BCUT2D eigenvalue weighted by Crippen LogP contribution is 2.25. The van der Waals surface area contributed by atoms with E-state index in [2.05, 4.69) is 21.7 Å². The Kier molecular flexibility index (Phi) is 2.65. The zero-order valence-corrected chi connectivity index (χ0v) is 8.84. The number of hydrogen-bond donors (Lipinski definition) is 2. The molecule has 1 atom stereocenters. The van der Waals surface area contributed by atoms with E-state index in [1.54, 1.807) is 11.3 Å². The second-order valence-corrected chi connectivity index (χ2v) is 4.22. The molecule has 2 aromatic rings. The van der Waals surface area contributed by atoms with Crippen LogP contribution in [0.25, 0.3) is 10.1 Å². The molecular weight excluding hydrogens is 194 g/mol. The maximum absolute atomic E-state index is 5.55. The quantitative estimate of drug-likeness (QED) is 0.810. The number of rotatable bonds is 3. The summed E-state index contributed by atoms with van der Waals surface area (Å²) < 4.78 is 1.26. The summed E-state index contributed by atoms with van der Waals surface area (Å²) in [7, 11) is 0. The van der Waals surface area contributed by atoms with Gasteiger partial charge in [-0.1, -0.05) is 0 Å². The first-order valence-electron chi connectivity index (χ1n) is 4.60. The van der Waals surface area contributed by atoms with Gasteiger partial charge in [-0.2, -0.15) is 0 Å². The highest BCUT2D eigenvalue weighted by atomic mass is 32.1. The summed E-state index contributed by atoms with van der Waals surface area (Å²) >= 11 is 1.72. The Morgan fingerprint density at radius 2 is 2.43 bits per heavy atom. The SMILES string of the molecule is CC(CN)Nc1nccc2sccc12. The molecule has 0 aliphatic heterocycles. The Labute approximate surface area is 87.0 Å². The molecule has 0 aliphatic rings. The van der Waals surface area contributed by atoms with Crippen LogP contribution in [0.2, 0.25) is 0 Å². The minimum atomic E-state index is 0.257. The molecule has 14 heavy (non-hydrogen) atoms. The van der Waals surface area contributed by atoms with Crippen LogP contribution >= 0.6 is 11.3 Å². The van der Waals surface area contributed by atoms with Crippen LogP contribution in [0.15, 0.2) is 23.7 Å². The lowest BCUT2D eigenvalue weighted by Gasteiger charge is -2.12. The topological polar surface area (TPSA) is 50.9 Å². The molecule has 2 heterocycles. The molecule has 0 aromatic carbocycles. The average Bonchev–Trinajstić information content (AvgIpc) is 2.66. The summed E-state index contributed by atoms with van der Waals surface area (Å²) in [5.74, 6) is 0.932. The molecule has 0 fully saturated rings. The van der Waals surface area contributed by atoms with Gasteiger partial charge in [0.15, 0.2) is 0 Å². The zero-order chi connectivity index (χ0) is 9.97. The lowest BCUT2D eigenvalue weighted by atomic mass is 10.3. The van der Waals surface area contributed by atoms with Crippen LogP contribution in [0.4, 0.5) is 5.82 Å². The molecule has 0 radical (unpaired) electrons. The molecule has 2 aromatic heterocycles. The number of nitrogens with zero attached hydrogens (tertiary/aromatic N) is 1. The van der Waals surface area contributed by atoms with Crippen LogP contribution in [0.1, 0.15) is 6.92 Å². The Morgan fingerprint density at radius 1 is 1.57 bits per heavy atom. The van der Waals surface area contributed by atoms with Crippen molar-refractivity contribution in [1.29, 1.82) is 0 Å². The van der Waals surface area contributed by atoms with Crippen LogP contribution < -0.4 is 11.1 Å². The van der Waals surface area contributed by atoms with Gasteiger partial charge in [0, 0.05) is 28.9 Å². The van der Waals surface area contributed by atoms with Crippen molar-refractivity contribution in [1.82, 2.24) is 4.98 Å². The van der Waals surface area contributed by atoms with E-state index in [-0.39, 0.29) is 6.04 Å². The summed E-state index contributed by atoms with van der Waals surface area (Å²) in [6.07, 6.45) is 1.82. The molecule has 0 saturated heterocycles. The van der Waals surface area contributed by atoms with E-state index in [1.807, 2.05) is 19.2 Å². The largest absolute Gasteiger partial charge is 0.366 e. The van der Waals surface area contributed by atoms with E-state index in [0.29, 0.717) is 6.54 Å². The summed E-state index contributed by atoms with van der Waals surface area (Å²) in [6.45, 7) is 2.66. The van der Waals surface area contributed by atoms with Crippen molar-refractivity contribution in [3.63, 3.8) is 0 Å². The van der Waals surface area contributed by atoms with Gasteiger partial charge < -0.3 is 11.1 Å².